The summed E-state index contributed by atoms with van der Waals surface area (Å²) in [6.07, 6.45) is 0. The zero-order valence-electron chi connectivity index (χ0n) is 19.2. The van der Waals surface area contributed by atoms with Crippen LogP contribution in [0, 0.1) is 10.1 Å². The van der Waals surface area contributed by atoms with E-state index in [1.807, 2.05) is 36.4 Å². The normalized spacial score (nSPS) is 23.2. The Labute approximate surface area is 211 Å². The van der Waals surface area contributed by atoms with Crippen molar-refractivity contribution >= 4 is 27.5 Å². The number of halogens is 1. The van der Waals surface area contributed by atoms with Crippen LogP contribution in [0.3, 0.4) is 0 Å². The lowest BCUT2D eigenvalue weighted by molar-refractivity contribution is -0.534. The van der Waals surface area contributed by atoms with Crippen LogP contribution in [0.2, 0.25) is 0 Å². The van der Waals surface area contributed by atoms with Gasteiger partial charge in [0.2, 0.25) is 0 Å². The number of likely N-dealkylation sites (tertiary alicyclic amines) is 1. The van der Waals surface area contributed by atoms with Crippen LogP contribution in [-0.2, 0) is 16.9 Å². The Hall–Kier alpha value is -3.43. The van der Waals surface area contributed by atoms with Gasteiger partial charge in [0.25, 0.3) is 11.9 Å². The zero-order chi connectivity index (χ0) is 24.7. The first-order chi connectivity index (χ1) is 16.9. The molecule has 3 aromatic rings. The average Bonchev–Trinajstić information content (AvgIpc) is 3.33. The number of amides is 1. The molecule has 2 heterocycles. The Kier molecular flexibility index (Phi) is 5.98. The summed E-state index contributed by atoms with van der Waals surface area (Å²) < 4.78 is 12.5. The number of ether oxygens (including phenoxy) is 2. The molecule has 1 spiro atoms. The second-order valence-electron chi connectivity index (χ2n) is 8.81. The number of likely N-dealkylation sites (N-methyl/N-ethyl adjacent to an activating group) is 1. The first-order valence-electron chi connectivity index (χ1n) is 11.2. The largest absolute Gasteiger partial charge is 0.493 e. The number of methoxy groups -OCH3 is 1. The Morgan fingerprint density at radius 1 is 1.14 bits per heavy atom. The van der Waals surface area contributed by atoms with Crippen LogP contribution in [0.15, 0.2) is 71.2 Å². The topological polar surface area (TPSA) is 93.9 Å². The molecule has 180 valence electrons. The maximum absolute atomic E-state index is 13.3. The molecular weight excluding hydrogens is 514 g/mol. The van der Waals surface area contributed by atoms with Crippen molar-refractivity contribution in [2.24, 2.45) is 0 Å². The quantitative estimate of drug-likeness (QED) is 0.366. The molecule has 0 bridgehead atoms. The van der Waals surface area contributed by atoms with Crippen molar-refractivity contribution in [3.63, 3.8) is 0 Å². The molecule has 5 rings (SSSR count). The molecule has 2 aliphatic heterocycles. The fourth-order valence-corrected chi connectivity index (χ4v) is 5.62. The fraction of sp³-hybridized carbons (Fsp3) is 0.269. The van der Waals surface area contributed by atoms with E-state index in [1.165, 1.54) is 0 Å². The molecule has 0 aromatic heterocycles. The number of carbonyl (C=O) groups is 1. The highest BCUT2D eigenvalue weighted by atomic mass is 79.9. The summed E-state index contributed by atoms with van der Waals surface area (Å²) in [4.78, 5) is 27.2. The highest BCUT2D eigenvalue weighted by Crippen LogP contribution is 2.52. The lowest BCUT2D eigenvalue weighted by Crippen LogP contribution is -2.54. The van der Waals surface area contributed by atoms with Crippen LogP contribution in [-0.4, -0.2) is 42.5 Å². The third-order valence-electron chi connectivity index (χ3n) is 6.96. The van der Waals surface area contributed by atoms with Gasteiger partial charge in [0, 0.05) is 27.2 Å². The van der Waals surface area contributed by atoms with Crippen molar-refractivity contribution < 1.29 is 19.2 Å². The van der Waals surface area contributed by atoms with Gasteiger partial charge in [-0.3, -0.25) is 19.8 Å². The number of nitrogens with zero attached hydrogens (tertiary/aromatic N) is 2. The standard InChI is InChI=1S/C26H24BrN3O5/c1-29-14-19(24(30(32)33)26(29)20-5-3-4-6-21(20)28-25(26)31)17-9-12-22(23(13-17)34-2)35-15-16-7-10-18(27)11-8-16/h3-13,19,24H,14-15H2,1-2H3,(H,28,31)/t19-,24-,26+/m0/s1. The molecule has 2 aliphatic rings. The van der Waals surface area contributed by atoms with Gasteiger partial charge in [0.05, 0.1) is 13.0 Å². The lowest BCUT2D eigenvalue weighted by Gasteiger charge is -2.30. The summed E-state index contributed by atoms with van der Waals surface area (Å²) in [5.74, 6) is 0.136. The van der Waals surface area contributed by atoms with Crippen molar-refractivity contribution in [3.8, 4) is 11.5 Å². The van der Waals surface area contributed by atoms with Crippen molar-refractivity contribution in [1.82, 2.24) is 4.90 Å². The molecule has 0 radical (unpaired) electrons. The van der Waals surface area contributed by atoms with Crippen LogP contribution in [0.25, 0.3) is 0 Å². The summed E-state index contributed by atoms with van der Waals surface area (Å²) in [5, 5.41) is 15.3. The molecule has 0 aliphatic carbocycles. The predicted octanol–water partition coefficient (Wildman–Crippen LogP) is 4.56. The number of carbonyl (C=O) groups excluding carboxylic acids is 1. The summed E-state index contributed by atoms with van der Waals surface area (Å²) in [6.45, 7) is 0.697. The zero-order valence-corrected chi connectivity index (χ0v) is 20.8. The van der Waals surface area contributed by atoms with Crippen molar-refractivity contribution in [2.45, 2.75) is 24.1 Å². The minimum absolute atomic E-state index is 0.319. The molecule has 1 fully saturated rings. The van der Waals surface area contributed by atoms with Gasteiger partial charge in [-0.2, -0.15) is 0 Å². The van der Waals surface area contributed by atoms with E-state index in [1.54, 1.807) is 49.4 Å². The molecule has 8 nitrogen and oxygen atoms in total. The Balaban J connectivity index is 1.48. The number of rotatable bonds is 6. The Morgan fingerprint density at radius 2 is 1.89 bits per heavy atom. The highest BCUT2D eigenvalue weighted by Gasteiger charge is 2.68. The number of nitrogens with one attached hydrogen (secondary N) is 1. The van der Waals surface area contributed by atoms with E-state index in [4.69, 9.17) is 9.47 Å². The van der Waals surface area contributed by atoms with Crippen LogP contribution in [0.1, 0.15) is 22.6 Å². The summed E-state index contributed by atoms with van der Waals surface area (Å²) >= 11 is 3.42. The number of nitro groups is 1. The molecule has 0 saturated carbocycles. The van der Waals surface area contributed by atoms with Gasteiger partial charge in [-0.15, -0.1) is 0 Å². The number of hydrogen-bond donors (Lipinski definition) is 1. The molecule has 9 heteroatoms. The number of hydrogen-bond acceptors (Lipinski definition) is 6. The summed E-state index contributed by atoms with van der Waals surface area (Å²) in [5.41, 5.74) is 1.59. The molecule has 3 aromatic carbocycles. The minimum Gasteiger partial charge on any atom is -0.493 e. The van der Waals surface area contributed by atoms with E-state index in [0.717, 1.165) is 15.6 Å². The Morgan fingerprint density at radius 3 is 2.60 bits per heavy atom. The van der Waals surface area contributed by atoms with E-state index >= 15 is 0 Å². The molecule has 0 unspecified atom stereocenters. The number of para-hydroxylation sites is 1. The molecule has 1 saturated heterocycles. The van der Waals surface area contributed by atoms with Gasteiger partial charge >= 0.3 is 0 Å². The molecular formula is C26H24BrN3O5. The van der Waals surface area contributed by atoms with Gasteiger partial charge < -0.3 is 14.8 Å². The molecule has 35 heavy (non-hydrogen) atoms. The van der Waals surface area contributed by atoms with Gasteiger partial charge in [-0.25, -0.2) is 0 Å². The highest BCUT2D eigenvalue weighted by molar-refractivity contribution is 9.10. The fourth-order valence-electron chi connectivity index (χ4n) is 5.36. The number of fused-ring (bicyclic) bond motifs is 2. The minimum atomic E-state index is -1.38. The Bertz CT molecular complexity index is 1300. The van der Waals surface area contributed by atoms with Gasteiger partial charge in [-0.05, 0) is 48.5 Å². The van der Waals surface area contributed by atoms with E-state index in [9.17, 15) is 14.9 Å². The monoisotopic (exact) mass is 537 g/mol. The van der Waals surface area contributed by atoms with Crippen molar-refractivity contribution in [2.75, 3.05) is 26.0 Å². The van der Waals surface area contributed by atoms with E-state index in [0.29, 0.717) is 35.9 Å². The van der Waals surface area contributed by atoms with Gasteiger partial charge in [0.15, 0.2) is 17.0 Å². The third kappa shape index (κ3) is 3.75. The SMILES string of the molecule is COc1cc([C@@H]2CN(C)[C@@]3(C(=O)Nc4ccccc43)[C@H]2[N+](=O)[O-])ccc1OCc1ccc(Br)cc1. The van der Waals surface area contributed by atoms with Crippen molar-refractivity contribution in [3.05, 3.63) is 98.0 Å². The first kappa shape index (κ1) is 23.3. The third-order valence-corrected chi connectivity index (χ3v) is 7.49. The second kappa shape index (κ2) is 8.98. The van der Waals surface area contributed by atoms with Gasteiger partial charge in [-0.1, -0.05) is 52.3 Å². The van der Waals surface area contributed by atoms with E-state index < -0.39 is 17.5 Å². The number of anilines is 1. The molecule has 1 N–H and O–H groups in total. The molecule has 3 atom stereocenters. The second-order valence-corrected chi connectivity index (χ2v) is 9.72. The predicted molar refractivity (Wildman–Crippen MR) is 134 cm³/mol. The molecule has 1 amide bonds. The number of benzene rings is 3. The summed E-state index contributed by atoms with van der Waals surface area (Å²) in [7, 11) is 3.31. The van der Waals surface area contributed by atoms with Crippen LogP contribution in [0.5, 0.6) is 11.5 Å². The lowest BCUT2D eigenvalue weighted by atomic mass is 9.79. The first-order valence-corrected chi connectivity index (χ1v) is 12.0. The van der Waals surface area contributed by atoms with E-state index in [2.05, 4.69) is 21.2 Å². The van der Waals surface area contributed by atoms with Crippen molar-refractivity contribution in [1.29, 1.82) is 0 Å². The summed E-state index contributed by atoms with van der Waals surface area (Å²) in [6, 6.07) is 19.2. The van der Waals surface area contributed by atoms with E-state index in [-0.39, 0.29) is 10.8 Å². The van der Waals surface area contributed by atoms with Crippen LogP contribution < -0.4 is 14.8 Å². The van der Waals surface area contributed by atoms with Gasteiger partial charge in [0.1, 0.15) is 6.61 Å². The maximum Gasteiger partial charge on any atom is 0.256 e. The average molecular weight is 538 g/mol. The van der Waals surface area contributed by atoms with Crippen LogP contribution in [0.4, 0.5) is 5.69 Å². The smallest absolute Gasteiger partial charge is 0.256 e. The maximum atomic E-state index is 13.3. The van der Waals surface area contributed by atoms with Crippen LogP contribution >= 0.6 is 15.9 Å².